The first-order valence-electron chi connectivity index (χ1n) is 7.54. The van der Waals surface area contributed by atoms with Gasteiger partial charge in [0.15, 0.2) is 0 Å². The third kappa shape index (κ3) is 2.25. The van der Waals surface area contributed by atoms with Crippen LogP contribution in [0.2, 0.25) is 0 Å². The van der Waals surface area contributed by atoms with Crippen molar-refractivity contribution in [1.29, 1.82) is 5.26 Å². The molecule has 3 rings (SSSR count). The van der Waals surface area contributed by atoms with E-state index in [4.69, 9.17) is 10.00 Å². The standard InChI is InChI=1S/C18H18N2O4/c1-17(2)18(3,23)16(20-7-6-12(21)9-15(20)22)13-8-11(10-19)4-5-14(13)24-17/h4-9,16,21,23H,1-3H3. The fourth-order valence-electron chi connectivity index (χ4n) is 3.05. The molecule has 1 aliphatic heterocycles. The summed E-state index contributed by atoms with van der Waals surface area (Å²) in [6.07, 6.45) is 1.43. The van der Waals surface area contributed by atoms with Crippen molar-refractivity contribution in [1.82, 2.24) is 4.57 Å². The normalized spacial score (nSPS) is 24.5. The Morgan fingerprint density at radius 2 is 1.96 bits per heavy atom. The number of ether oxygens (including phenoxy) is 1. The molecular weight excluding hydrogens is 308 g/mol. The van der Waals surface area contributed by atoms with Crippen LogP contribution in [0.15, 0.2) is 41.3 Å². The van der Waals surface area contributed by atoms with E-state index in [9.17, 15) is 15.0 Å². The van der Waals surface area contributed by atoms with Crippen LogP contribution in [0.4, 0.5) is 0 Å². The quantitative estimate of drug-likeness (QED) is 0.835. The van der Waals surface area contributed by atoms with Gasteiger partial charge in [-0.3, -0.25) is 4.79 Å². The maximum absolute atomic E-state index is 12.4. The van der Waals surface area contributed by atoms with Crippen LogP contribution >= 0.6 is 0 Å². The minimum Gasteiger partial charge on any atom is -0.508 e. The largest absolute Gasteiger partial charge is 0.508 e. The first-order chi connectivity index (χ1) is 11.2. The number of hydrogen-bond donors (Lipinski definition) is 2. The van der Waals surface area contributed by atoms with E-state index in [0.29, 0.717) is 16.9 Å². The van der Waals surface area contributed by atoms with Gasteiger partial charge >= 0.3 is 0 Å². The summed E-state index contributed by atoms with van der Waals surface area (Å²) >= 11 is 0. The molecule has 0 saturated heterocycles. The van der Waals surface area contributed by atoms with Gasteiger partial charge in [-0.05, 0) is 45.0 Å². The van der Waals surface area contributed by atoms with E-state index in [-0.39, 0.29) is 5.75 Å². The average Bonchev–Trinajstić information content (AvgIpc) is 2.49. The van der Waals surface area contributed by atoms with Gasteiger partial charge in [0.2, 0.25) is 0 Å². The molecule has 0 bridgehead atoms. The number of nitriles is 1. The number of aromatic nitrogens is 1. The molecule has 0 saturated carbocycles. The summed E-state index contributed by atoms with van der Waals surface area (Å²) < 4.78 is 7.28. The highest BCUT2D eigenvalue weighted by atomic mass is 16.5. The zero-order chi connectivity index (χ0) is 17.7. The monoisotopic (exact) mass is 326 g/mol. The van der Waals surface area contributed by atoms with Crippen LogP contribution in [0.3, 0.4) is 0 Å². The van der Waals surface area contributed by atoms with Crippen LogP contribution in [-0.2, 0) is 0 Å². The highest BCUT2D eigenvalue weighted by molar-refractivity contribution is 5.48. The van der Waals surface area contributed by atoms with Gasteiger partial charge in [-0.15, -0.1) is 0 Å². The zero-order valence-corrected chi connectivity index (χ0v) is 13.6. The van der Waals surface area contributed by atoms with Crippen LogP contribution in [0, 0.1) is 11.3 Å². The summed E-state index contributed by atoms with van der Waals surface area (Å²) in [5.41, 5.74) is -1.91. The van der Waals surface area contributed by atoms with E-state index >= 15 is 0 Å². The Bertz CT molecular complexity index is 906. The summed E-state index contributed by atoms with van der Waals surface area (Å²) in [5, 5.41) is 29.9. The van der Waals surface area contributed by atoms with Crippen molar-refractivity contribution in [2.45, 2.75) is 38.0 Å². The van der Waals surface area contributed by atoms with Crippen LogP contribution in [0.5, 0.6) is 11.5 Å². The van der Waals surface area contributed by atoms with E-state index in [1.54, 1.807) is 39.0 Å². The minimum atomic E-state index is -1.44. The predicted molar refractivity (Wildman–Crippen MR) is 87.0 cm³/mol. The molecule has 0 fully saturated rings. The summed E-state index contributed by atoms with van der Waals surface area (Å²) in [7, 11) is 0. The topological polar surface area (TPSA) is 95.5 Å². The average molecular weight is 326 g/mol. The summed E-state index contributed by atoms with van der Waals surface area (Å²) in [6, 6.07) is 8.68. The number of hydrogen-bond acceptors (Lipinski definition) is 5. The van der Waals surface area contributed by atoms with Gasteiger partial charge in [-0.2, -0.15) is 5.26 Å². The van der Waals surface area contributed by atoms with E-state index < -0.39 is 22.8 Å². The van der Waals surface area contributed by atoms with Gasteiger partial charge in [0, 0.05) is 17.8 Å². The Morgan fingerprint density at radius 3 is 2.58 bits per heavy atom. The molecule has 1 aromatic heterocycles. The molecule has 1 aromatic carbocycles. The molecule has 6 nitrogen and oxygen atoms in total. The van der Waals surface area contributed by atoms with Crippen molar-refractivity contribution >= 4 is 0 Å². The lowest BCUT2D eigenvalue weighted by atomic mass is 9.75. The fraction of sp³-hybridized carbons (Fsp3) is 0.333. The molecule has 24 heavy (non-hydrogen) atoms. The molecule has 0 aliphatic carbocycles. The third-order valence-electron chi connectivity index (χ3n) is 4.76. The second kappa shape index (κ2) is 5.11. The van der Waals surface area contributed by atoms with Crippen molar-refractivity contribution < 1.29 is 14.9 Å². The molecule has 0 amide bonds. The maximum Gasteiger partial charge on any atom is 0.254 e. The maximum atomic E-state index is 12.4. The summed E-state index contributed by atoms with van der Waals surface area (Å²) in [6.45, 7) is 5.08. The van der Waals surface area contributed by atoms with Crippen LogP contribution in [-0.4, -0.2) is 26.0 Å². The Morgan fingerprint density at radius 1 is 1.25 bits per heavy atom. The predicted octanol–water partition coefficient (Wildman–Crippen LogP) is 1.94. The number of pyridine rings is 1. The molecule has 2 unspecified atom stereocenters. The Labute approximate surface area is 139 Å². The third-order valence-corrected chi connectivity index (χ3v) is 4.76. The lowest BCUT2D eigenvalue weighted by Gasteiger charge is -2.49. The molecule has 0 spiro atoms. The van der Waals surface area contributed by atoms with E-state index in [2.05, 4.69) is 6.07 Å². The molecule has 0 radical (unpaired) electrons. The molecule has 6 heteroatoms. The van der Waals surface area contributed by atoms with Crippen molar-refractivity contribution in [3.8, 4) is 17.6 Å². The van der Waals surface area contributed by atoms with Gasteiger partial charge in [-0.25, -0.2) is 0 Å². The first kappa shape index (κ1) is 16.1. The van der Waals surface area contributed by atoms with Crippen molar-refractivity contribution in [2.75, 3.05) is 0 Å². The Kier molecular flexibility index (Phi) is 3.43. The summed E-state index contributed by atoms with van der Waals surface area (Å²) in [5.74, 6) is 0.365. The molecule has 2 N–H and O–H groups in total. The van der Waals surface area contributed by atoms with Gasteiger partial charge in [0.05, 0.1) is 17.7 Å². The molecule has 2 heterocycles. The van der Waals surface area contributed by atoms with Gasteiger partial charge in [0.25, 0.3) is 5.56 Å². The number of aliphatic hydroxyl groups is 1. The van der Waals surface area contributed by atoms with Crippen molar-refractivity contribution in [2.24, 2.45) is 0 Å². The van der Waals surface area contributed by atoms with E-state index in [0.717, 1.165) is 6.07 Å². The number of nitrogens with zero attached hydrogens (tertiary/aromatic N) is 2. The van der Waals surface area contributed by atoms with Crippen LogP contribution in [0.1, 0.15) is 37.9 Å². The Hall–Kier alpha value is -2.78. The smallest absolute Gasteiger partial charge is 0.254 e. The minimum absolute atomic E-state index is 0.145. The highest BCUT2D eigenvalue weighted by Crippen LogP contribution is 2.47. The molecule has 1 aliphatic rings. The molecular formula is C18H18N2O4. The molecule has 2 atom stereocenters. The van der Waals surface area contributed by atoms with Gasteiger partial charge in [-0.1, -0.05) is 0 Å². The second-order valence-corrected chi connectivity index (χ2v) is 6.66. The van der Waals surface area contributed by atoms with Crippen molar-refractivity contribution in [3.63, 3.8) is 0 Å². The van der Waals surface area contributed by atoms with Crippen LogP contribution < -0.4 is 10.3 Å². The summed E-state index contributed by atoms with van der Waals surface area (Å²) in [4.78, 5) is 12.4. The zero-order valence-electron chi connectivity index (χ0n) is 13.6. The van der Waals surface area contributed by atoms with Crippen LogP contribution in [0.25, 0.3) is 0 Å². The van der Waals surface area contributed by atoms with E-state index in [1.165, 1.54) is 16.8 Å². The van der Waals surface area contributed by atoms with Crippen molar-refractivity contribution in [3.05, 3.63) is 58.0 Å². The van der Waals surface area contributed by atoms with Gasteiger partial charge < -0.3 is 19.5 Å². The lowest BCUT2D eigenvalue weighted by Crippen LogP contribution is -2.60. The number of benzene rings is 1. The SMILES string of the molecule is CC1(C)Oc2ccc(C#N)cc2C(n2ccc(O)cc2=O)C1(C)O. The van der Waals surface area contributed by atoms with E-state index in [1.807, 2.05) is 0 Å². The molecule has 124 valence electrons. The van der Waals surface area contributed by atoms with Gasteiger partial charge in [0.1, 0.15) is 22.7 Å². The second-order valence-electron chi connectivity index (χ2n) is 6.66. The number of fused-ring (bicyclic) bond motifs is 1. The highest BCUT2D eigenvalue weighted by Gasteiger charge is 2.53. The number of aromatic hydroxyl groups is 1. The fourth-order valence-corrected chi connectivity index (χ4v) is 3.05. The lowest BCUT2D eigenvalue weighted by molar-refractivity contribution is -0.139. The number of rotatable bonds is 1. The Balaban J connectivity index is 2.33. The first-order valence-corrected chi connectivity index (χ1v) is 7.54. The molecule has 2 aromatic rings.